The van der Waals surface area contributed by atoms with Crippen molar-refractivity contribution in [2.75, 3.05) is 13.1 Å². The number of carbonyl (C=O) groups is 2. The van der Waals surface area contributed by atoms with Crippen molar-refractivity contribution in [1.82, 2.24) is 10.2 Å². The number of nitrogens with zero attached hydrogens (tertiary/aromatic N) is 1. The van der Waals surface area contributed by atoms with Crippen molar-refractivity contribution in [1.29, 1.82) is 0 Å². The number of piperidine rings is 1. The van der Waals surface area contributed by atoms with Gasteiger partial charge < -0.3 is 10.2 Å². The summed E-state index contributed by atoms with van der Waals surface area (Å²) in [5, 5.41) is 5.51. The normalized spacial score (nSPS) is 15.7. The van der Waals surface area contributed by atoms with Gasteiger partial charge in [0.25, 0.3) is 5.91 Å². The van der Waals surface area contributed by atoms with Gasteiger partial charge in [0.05, 0.1) is 6.04 Å². The number of carbonyl (C=O) groups excluding carboxylic acids is 2. The van der Waals surface area contributed by atoms with E-state index in [2.05, 4.69) is 35.6 Å². The van der Waals surface area contributed by atoms with Crippen molar-refractivity contribution in [3.8, 4) is 0 Å². The molecule has 1 aliphatic rings. The first-order chi connectivity index (χ1) is 14.5. The Morgan fingerprint density at radius 3 is 2.43 bits per heavy atom. The molecule has 0 aromatic heterocycles. The van der Waals surface area contributed by atoms with Gasteiger partial charge in [-0.3, -0.25) is 9.59 Å². The molecule has 2 amide bonds. The van der Waals surface area contributed by atoms with Crippen molar-refractivity contribution in [2.45, 2.75) is 38.6 Å². The molecule has 0 saturated carbocycles. The van der Waals surface area contributed by atoms with Crippen LogP contribution in [0.3, 0.4) is 0 Å². The Morgan fingerprint density at radius 2 is 1.67 bits per heavy atom. The van der Waals surface area contributed by atoms with Crippen molar-refractivity contribution in [2.24, 2.45) is 0 Å². The van der Waals surface area contributed by atoms with Crippen LogP contribution in [0.15, 0.2) is 66.7 Å². The van der Waals surface area contributed by atoms with Gasteiger partial charge >= 0.3 is 0 Å². The summed E-state index contributed by atoms with van der Waals surface area (Å²) in [6.45, 7) is 5.23. The van der Waals surface area contributed by atoms with Gasteiger partial charge in [0.1, 0.15) is 0 Å². The maximum absolute atomic E-state index is 13.0. The molecule has 1 fully saturated rings. The van der Waals surface area contributed by atoms with E-state index in [4.69, 9.17) is 0 Å². The third-order valence-corrected chi connectivity index (χ3v) is 6.20. The van der Waals surface area contributed by atoms with E-state index in [1.165, 1.54) is 16.3 Å². The largest absolute Gasteiger partial charge is 0.345 e. The van der Waals surface area contributed by atoms with Crippen LogP contribution in [0.2, 0.25) is 0 Å². The second-order valence-electron chi connectivity index (χ2n) is 8.17. The van der Waals surface area contributed by atoms with Crippen LogP contribution in [-0.2, 0) is 4.79 Å². The lowest BCUT2D eigenvalue weighted by Gasteiger charge is -2.31. The molecule has 1 unspecified atom stereocenters. The van der Waals surface area contributed by atoms with Crippen LogP contribution in [0.25, 0.3) is 10.8 Å². The molecule has 3 aromatic carbocycles. The molecule has 30 heavy (non-hydrogen) atoms. The predicted molar refractivity (Wildman–Crippen MR) is 121 cm³/mol. The number of hydrogen-bond acceptors (Lipinski definition) is 2. The highest BCUT2D eigenvalue weighted by molar-refractivity contribution is 5.95. The fraction of sp³-hybridized carbons (Fsp3) is 0.308. The quantitative estimate of drug-likeness (QED) is 0.666. The van der Waals surface area contributed by atoms with Crippen molar-refractivity contribution in [3.63, 3.8) is 0 Å². The Hall–Kier alpha value is -3.14. The molecule has 4 nitrogen and oxygen atoms in total. The average Bonchev–Trinajstić information content (AvgIpc) is 2.78. The van der Waals surface area contributed by atoms with Gasteiger partial charge in [-0.2, -0.15) is 0 Å². The van der Waals surface area contributed by atoms with Gasteiger partial charge in [0, 0.05) is 25.6 Å². The second kappa shape index (κ2) is 8.70. The number of amides is 2. The molecule has 1 atom stereocenters. The first kappa shape index (κ1) is 20.1. The van der Waals surface area contributed by atoms with Gasteiger partial charge in [-0.05, 0) is 59.7 Å². The number of likely N-dealkylation sites (tertiary alicyclic amines) is 1. The number of hydrogen-bond donors (Lipinski definition) is 1. The van der Waals surface area contributed by atoms with Crippen LogP contribution >= 0.6 is 0 Å². The van der Waals surface area contributed by atoms with Gasteiger partial charge in [-0.1, -0.05) is 54.6 Å². The minimum Gasteiger partial charge on any atom is -0.345 e. The SMILES string of the molecule is CC(=O)N1CCC(c2cccc(C(=O)NC(C)c3cccc4ccccc34)c2)CC1. The highest BCUT2D eigenvalue weighted by Crippen LogP contribution is 2.29. The maximum Gasteiger partial charge on any atom is 0.251 e. The first-order valence-corrected chi connectivity index (χ1v) is 10.7. The van der Waals surface area contributed by atoms with Crippen LogP contribution < -0.4 is 5.32 Å². The number of benzene rings is 3. The molecule has 0 spiro atoms. The summed E-state index contributed by atoms with van der Waals surface area (Å²) in [4.78, 5) is 26.4. The lowest BCUT2D eigenvalue weighted by Crippen LogP contribution is -2.36. The highest BCUT2D eigenvalue weighted by atomic mass is 16.2. The summed E-state index contributed by atoms with van der Waals surface area (Å²) in [6.07, 6.45) is 1.88. The maximum atomic E-state index is 13.0. The molecule has 0 bridgehead atoms. The second-order valence-corrected chi connectivity index (χ2v) is 8.17. The van der Waals surface area contributed by atoms with E-state index in [9.17, 15) is 9.59 Å². The van der Waals surface area contributed by atoms with E-state index < -0.39 is 0 Å². The van der Waals surface area contributed by atoms with Crippen LogP contribution in [0.5, 0.6) is 0 Å². The Labute approximate surface area is 177 Å². The molecule has 1 saturated heterocycles. The molecule has 1 heterocycles. The number of rotatable bonds is 4. The summed E-state index contributed by atoms with van der Waals surface area (Å²) in [6, 6.07) is 22.3. The van der Waals surface area contributed by atoms with Crippen LogP contribution in [0.1, 0.15) is 60.1 Å². The third kappa shape index (κ3) is 4.23. The van der Waals surface area contributed by atoms with Gasteiger partial charge in [-0.15, -0.1) is 0 Å². The monoisotopic (exact) mass is 400 g/mol. The van der Waals surface area contributed by atoms with E-state index in [1.807, 2.05) is 48.2 Å². The summed E-state index contributed by atoms with van der Waals surface area (Å²) in [5.74, 6) is 0.478. The zero-order valence-electron chi connectivity index (χ0n) is 17.6. The fourth-order valence-electron chi connectivity index (χ4n) is 4.45. The minimum atomic E-state index is -0.0916. The minimum absolute atomic E-state index is 0.0570. The van der Waals surface area contributed by atoms with Crippen LogP contribution in [-0.4, -0.2) is 29.8 Å². The van der Waals surface area contributed by atoms with E-state index in [0.717, 1.165) is 31.5 Å². The Balaban J connectivity index is 1.47. The predicted octanol–water partition coefficient (Wildman–Crippen LogP) is 5.06. The van der Waals surface area contributed by atoms with Gasteiger partial charge in [-0.25, -0.2) is 0 Å². The van der Waals surface area contributed by atoms with Crippen LogP contribution in [0.4, 0.5) is 0 Å². The van der Waals surface area contributed by atoms with E-state index in [1.54, 1.807) is 6.92 Å². The summed E-state index contributed by atoms with van der Waals surface area (Å²) in [7, 11) is 0. The van der Waals surface area contributed by atoms with E-state index in [-0.39, 0.29) is 17.9 Å². The zero-order valence-corrected chi connectivity index (χ0v) is 17.6. The van der Waals surface area contributed by atoms with Crippen molar-refractivity contribution >= 4 is 22.6 Å². The Kier molecular flexibility index (Phi) is 5.84. The lowest BCUT2D eigenvalue weighted by atomic mass is 9.88. The molecule has 0 aliphatic carbocycles. The Bertz CT molecular complexity index is 1060. The van der Waals surface area contributed by atoms with Gasteiger partial charge in [0.15, 0.2) is 0 Å². The topological polar surface area (TPSA) is 49.4 Å². The number of nitrogens with one attached hydrogen (secondary N) is 1. The molecule has 4 rings (SSSR count). The smallest absolute Gasteiger partial charge is 0.251 e. The van der Waals surface area contributed by atoms with Crippen molar-refractivity contribution in [3.05, 3.63) is 83.4 Å². The molecule has 1 aliphatic heterocycles. The lowest BCUT2D eigenvalue weighted by molar-refractivity contribution is -0.129. The zero-order chi connectivity index (χ0) is 21.1. The number of fused-ring (bicyclic) bond motifs is 1. The molecular weight excluding hydrogens is 372 g/mol. The molecule has 0 radical (unpaired) electrons. The van der Waals surface area contributed by atoms with Crippen LogP contribution in [0, 0.1) is 0 Å². The summed E-state index contributed by atoms with van der Waals surface area (Å²) >= 11 is 0. The molecule has 154 valence electrons. The Morgan fingerprint density at radius 1 is 0.967 bits per heavy atom. The fourth-order valence-corrected chi connectivity index (χ4v) is 4.45. The van der Waals surface area contributed by atoms with E-state index >= 15 is 0 Å². The third-order valence-electron chi connectivity index (χ3n) is 6.20. The molecule has 1 N–H and O–H groups in total. The van der Waals surface area contributed by atoms with Crippen molar-refractivity contribution < 1.29 is 9.59 Å². The summed E-state index contributed by atoms with van der Waals surface area (Å²) in [5.41, 5.74) is 2.99. The standard InChI is InChI=1S/C26H28N2O2/c1-18(24-12-6-8-21-7-3-4-11-25(21)24)27-26(30)23-10-5-9-22(17-23)20-13-15-28(16-14-20)19(2)29/h3-12,17-18,20H,13-16H2,1-2H3,(H,27,30). The average molecular weight is 401 g/mol. The highest BCUT2D eigenvalue weighted by Gasteiger charge is 2.23. The molecule has 4 heteroatoms. The molecule has 3 aromatic rings. The summed E-state index contributed by atoms with van der Waals surface area (Å²) < 4.78 is 0. The van der Waals surface area contributed by atoms with E-state index in [0.29, 0.717) is 11.5 Å². The van der Waals surface area contributed by atoms with Gasteiger partial charge in [0.2, 0.25) is 5.91 Å². The first-order valence-electron chi connectivity index (χ1n) is 10.7. The molecular formula is C26H28N2O2.